The van der Waals surface area contributed by atoms with Crippen molar-refractivity contribution in [1.82, 2.24) is 15.2 Å². The fourth-order valence-corrected chi connectivity index (χ4v) is 3.44. The van der Waals surface area contributed by atoms with E-state index in [9.17, 15) is 4.79 Å². The van der Waals surface area contributed by atoms with E-state index in [-0.39, 0.29) is 6.03 Å². The maximum Gasteiger partial charge on any atom is 0.318 e. The van der Waals surface area contributed by atoms with Gasteiger partial charge in [-0.3, -0.25) is 0 Å². The summed E-state index contributed by atoms with van der Waals surface area (Å²) in [7, 11) is 3.25. The first-order valence-electron chi connectivity index (χ1n) is 7.78. The number of urea groups is 1. The van der Waals surface area contributed by atoms with Crippen LogP contribution in [-0.2, 0) is 19.5 Å². The largest absolute Gasteiger partial charge is 0.493 e. The number of benzene rings is 1. The number of ether oxygens (including phenoxy) is 2. The minimum Gasteiger partial charge on any atom is -0.493 e. The summed E-state index contributed by atoms with van der Waals surface area (Å²) < 4.78 is 10.7. The van der Waals surface area contributed by atoms with Crippen molar-refractivity contribution in [2.45, 2.75) is 26.4 Å². The molecule has 3 rings (SSSR count). The van der Waals surface area contributed by atoms with Gasteiger partial charge in [0.2, 0.25) is 0 Å². The number of nitrogens with zero attached hydrogens (tertiary/aromatic N) is 2. The van der Waals surface area contributed by atoms with Crippen LogP contribution >= 0.6 is 11.3 Å². The summed E-state index contributed by atoms with van der Waals surface area (Å²) in [5.74, 6) is 1.42. The average Bonchev–Trinajstić information content (AvgIpc) is 3.03. The zero-order chi connectivity index (χ0) is 17.1. The van der Waals surface area contributed by atoms with E-state index in [1.54, 1.807) is 25.6 Å². The van der Waals surface area contributed by atoms with Gasteiger partial charge in [-0.1, -0.05) is 0 Å². The van der Waals surface area contributed by atoms with Crippen LogP contribution in [0.4, 0.5) is 4.79 Å². The molecule has 1 aromatic carbocycles. The van der Waals surface area contributed by atoms with E-state index in [2.05, 4.69) is 10.3 Å². The highest BCUT2D eigenvalue weighted by Gasteiger charge is 2.22. The van der Waals surface area contributed by atoms with Gasteiger partial charge in [0.25, 0.3) is 0 Å². The van der Waals surface area contributed by atoms with E-state index < -0.39 is 0 Å². The number of amides is 2. The van der Waals surface area contributed by atoms with E-state index in [4.69, 9.17) is 9.47 Å². The predicted octanol–water partition coefficient (Wildman–Crippen LogP) is 2.74. The minimum absolute atomic E-state index is 0.0684. The number of aromatic nitrogens is 1. The van der Waals surface area contributed by atoms with Crippen LogP contribution in [0, 0.1) is 6.92 Å². The molecule has 0 saturated carbocycles. The summed E-state index contributed by atoms with van der Waals surface area (Å²) in [4.78, 5) is 18.6. The maximum atomic E-state index is 12.4. The number of hydrogen-bond acceptors (Lipinski definition) is 5. The lowest BCUT2D eigenvalue weighted by Crippen LogP contribution is -2.42. The number of carbonyl (C=O) groups is 1. The van der Waals surface area contributed by atoms with Crippen molar-refractivity contribution in [2.24, 2.45) is 0 Å². The summed E-state index contributed by atoms with van der Waals surface area (Å²) in [5, 5.41) is 5.92. The number of fused-ring (bicyclic) bond motifs is 1. The molecule has 0 radical (unpaired) electrons. The molecular formula is C17H21N3O3S. The zero-order valence-electron chi connectivity index (χ0n) is 14.1. The molecule has 0 aliphatic carbocycles. The van der Waals surface area contributed by atoms with Gasteiger partial charge in [-0.25, -0.2) is 9.78 Å². The second-order valence-electron chi connectivity index (χ2n) is 5.66. The number of rotatable bonds is 4. The monoisotopic (exact) mass is 347 g/mol. The second-order valence-corrected chi connectivity index (χ2v) is 6.73. The highest BCUT2D eigenvalue weighted by Crippen LogP contribution is 2.33. The SMILES string of the molecule is COc1cc2c(cc1OC)CN(C(=O)NCc1csc(C)n1)CC2. The molecule has 128 valence electrons. The van der Waals surface area contributed by atoms with Gasteiger partial charge in [-0.15, -0.1) is 11.3 Å². The highest BCUT2D eigenvalue weighted by atomic mass is 32.1. The lowest BCUT2D eigenvalue weighted by Gasteiger charge is -2.29. The molecule has 2 heterocycles. The third-order valence-electron chi connectivity index (χ3n) is 4.09. The van der Waals surface area contributed by atoms with Crippen LogP contribution in [0.25, 0.3) is 0 Å². The number of hydrogen-bond donors (Lipinski definition) is 1. The normalized spacial score (nSPS) is 13.4. The van der Waals surface area contributed by atoms with Crippen LogP contribution in [0.15, 0.2) is 17.5 Å². The molecule has 2 amide bonds. The second kappa shape index (κ2) is 7.09. The molecule has 0 spiro atoms. The van der Waals surface area contributed by atoms with Crippen molar-refractivity contribution in [2.75, 3.05) is 20.8 Å². The fourth-order valence-electron chi connectivity index (χ4n) is 2.82. The van der Waals surface area contributed by atoms with Gasteiger partial charge in [-0.2, -0.15) is 0 Å². The molecule has 1 aliphatic rings. The Morgan fingerprint density at radius 2 is 2.00 bits per heavy atom. The van der Waals surface area contributed by atoms with Crippen LogP contribution in [-0.4, -0.2) is 36.7 Å². The third kappa shape index (κ3) is 3.46. The molecule has 2 aromatic rings. The Labute approximate surface area is 145 Å². The Kier molecular flexibility index (Phi) is 4.89. The Morgan fingerprint density at radius 1 is 1.29 bits per heavy atom. The number of thiazole rings is 1. The van der Waals surface area contributed by atoms with Gasteiger partial charge in [-0.05, 0) is 36.6 Å². The molecule has 1 N–H and O–H groups in total. The van der Waals surface area contributed by atoms with E-state index in [0.29, 0.717) is 25.4 Å². The molecule has 7 heteroatoms. The van der Waals surface area contributed by atoms with E-state index in [1.807, 2.05) is 29.3 Å². The number of nitrogens with one attached hydrogen (secondary N) is 1. The summed E-state index contributed by atoms with van der Waals surface area (Å²) in [6, 6.07) is 3.89. The maximum absolute atomic E-state index is 12.4. The zero-order valence-corrected chi connectivity index (χ0v) is 14.9. The van der Waals surface area contributed by atoms with Crippen LogP contribution in [0.2, 0.25) is 0 Å². The summed E-state index contributed by atoms with van der Waals surface area (Å²) >= 11 is 1.59. The van der Waals surface area contributed by atoms with Gasteiger partial charge >= 0.3 is 6.03 Å². The van der Waals surface area contributed by atoms with Crippen LogP contribution in [0.5, 0.6) is 11.5 Å². The standard InChI is InChI=1S/C17H21N3O3S/c1-11-19-14(10-24-11)8-18-17(21)20-5-4-12-6-15(22-2)16(23-3)7-13(12)9-20/h6-7,10H,4-5,8-9H2,1-3H3,(H,18,21). The molecule has 1 aliphatic heterocycles. The van der Waals surface area contributed by atoms with Gasteiger partial charge in [0.15, 0.2) is 11.5 Å². The third-order valence-corrected chi connectivity index (χ3v) is 4.91. The highest BCUT2D eigenvalue weighted by molar-refractivity contribution is 7.09. The molecule has 0 fully saturated rings. The van der Waals surface area contributed by atoms with Gasteiger partial charge < -0.3 is 19.7 Å². The number of methoxy groups -OCH3 is 2. The lowest BCUT2D eigenvalue weighted by molar-refractivity contribution is 0.191. The molecule has 0 unspecified atom stereocenters. The fraction of sp³-hybridized carbons (Fsp3) is 0.412. The predicted molar refractivity (Wildman–Crippen MR) is 92.7 cm³/mol. The van der Waals surface area contributed by atoms with Crippen molar-refractivity contribution in [1.29, 1.82) is 0 Å². The summed E-state index contributed by atoms with van der Waals surface area (Å²) in [6.45, 7) is 3.67. The number of carbonyl (C=O) groups excluding carboxylic acids is 1. The Balaban J connectivity index is 1.66. The quantitative estimate of drug-likeness (QED) is 0.924. The molecule has 0 bridgehead atoms. The van der Waals surface area contributed by atoms with Crippen LogP contribution < -0.4 is 14.8 Å². The average molecular weight is 347 g/mol. The molecule has 0 saturated heterocycles. The van der Waals surface area contributed by atoms with Crippen molar-refractivity contribution in [3.05, 3.63) is 39.3 Å². The Morgan fingerprint density at radius 3 is 2.62 bits per heavy atom. The number of aryl methyl sites for hydroxylation is 1. The Bertz CT molecular complexity index is 745. The van der Waals surface area contributed by atoms with Crippen LogP contribution in [0.3, 0.4) is 0 Å². The van der Waals surface area contributed by atoms with Crippen molar-refractivity contribution >= 4 is 17.4 Å². The van der Waals surface area contributed by atoms with Crippen LogP contribution in [0.1, 0.15) is 21.8 Å². The molecule has 0 atom stereocenters. The smallest absolute Gasteiger partial charge is 0.318 e. The van der Waals surface area contributed by atoms with Gasteiger partial charge in [0.1, 0.15) is 0 Å². The van der Waals surface area contributed by atoms with Crippen molar-refractivity contribution in [3.8, 4) is 11.5 Å². The summed E-state index contributed by atoms with van der Waals surface area (Å²) in [5.41, 5.74) is 3.19. The van der Waals surface area contributed by atoms with Gasteiger partial charge in [0, 0.05) is 18.5 Å². The summed E-state index contributed by atoms with van der Waals surface area (Å²) in [6.07, 6.45) is 0.804. The van der Waals surface area contributed by atoms with Crippen molar-refractivity contribution < 1.29 is 14.3 Å². The van der Waals surface area contributed by atoms with Gasteiger partial charge in [0.05, 0.1) is 31.5 Å². The Hall–Kier alpha value is -2.28. The first kappa shape index (κ1) is 16.6. The lowest BCUT2D eigenvalue weighted by atomic mass is 9.99. The molecule has 1 aromatic heterocycles. The molecule has 6 nitrogen and oxygen atoms in total. The molecular weight excluding hydrogens is 326 g/mol. The van der Waals surface area contributed by atoms with E-state index in [1.165, 1.54) is 5.56 Å². The topological polar surface area (TPSA) is 63.7 Å². The van der Waals surface area contributed by atoms with E-state index in [0.717, 1.165) is 28.4 Å². The molecule has 24 heavy (non-hydrogen) atoms. The first-order chi connectivity index (χ1) is 11.6. The first-order valence-corrected chi connectivity index (χ1v) is 8.66. The van der Waals surface area contributed by atoms with Crippen molar-refractivity contribution in [3.63, 3.8) is 0 Å². The minimum atomic E-state index is -0.0684. The van der Waals surface area contributed by atoms with E-state index >= 15 is 0 Å².